The third-order valence-electron chi connectivity index (χ3n) is 3.56. The number of carbonyl (C=O) groups is 1. The fourth-order valence-electron chi connectivity index (χ4n) is 2.35. The summed E-state index contributed by atoms with van der Waals surface area (Å²) >= 11 is 0. The summed E-state index contributed by atoms with van der Waals surface area (Å²) in [6.07, 6.45) is 1.62. The lowest BCUT2D eigenvalue weighted by Gasteiger charge is -2.29. The van der Waals surface area contributed by atoms with E-state index in [2.05, 4.69) is 0 Å². The van der Waals surface area contributed by atoms with Crippen LogP contribution in [-0.2, 0) is 37.6 Å². The van der Waals surface area contributed by atoms with Crippen LogP contribution in [0.25, 0.3) is 0 Å². The summed E-state index contributed by atoms with van der Waals surface area (Å²) in [5.74, 6) is -0.441. The molecule has 0 saturated heterocycles. The number of benzene rings is 1. The average molecular weight is 346 g/mol. The van der Waals surface area contributed by atoms with E-state index in [1.54, 1.807) is 11.0 Å². The molecule has 0 fully saturated rings. The topological polar surface area (TPSA) is 115 Å². The van der Waals surface area contributed by atoms with Crippen LogP contribution in [0.4, 0.5) is 0 Å². The Labute approximate surface area is 130 Å². The van der Waals surface area contributed by atoms with Gasteiger partial charge in [0.25, 0.3) is 0 Å². The number of nitrogens with zero attached hydrogens (tertiary/aromatic N) is 1. The van der Waals surface area contributed by atoms with Crippen LogP contribution in [0.2, 0.25) is 0 Å². The van der Waals surface area contributed by atoms with Crippen molar-refractivity contribution in [1.29, 1.82) is 0 Å². The zero-order valence-electron chi connectivity index (χ0n) is 12.1. The number of amides is 1. The molecule has 9 heteroatoms. The fourth-order valence-corrected chi connectivity index (χ4v) is 3.46. The highest BCUT2D eigenvalue weighted by Gasteiger charge is 2.22. The molecule has 2 N–H and O–H groups in total. The molecule has 1 aromatic carbocycles. The second-order valence-corrected chi connectivity index (χ2v) is 9.24. The maximum absolute atomic E-state index is 12.1. The number of hydrogen-bond acceptors (Lipinski definition) is 5. The lowest BCUT2D eigenvalue weighted by Crippen LogP contribution is -2.36. The molecule has 7 nitrogen and oxygen atoms in total. The normalized spacial score (nSPS) is 15.5. The third-order valence-corrected chi connectivity index (χ3v) is 5.41. The first-order chi connectivity index (χ1) is 10.1. The summed E-state index contributed by atoms with van der Waals surface area (Å²) in [5.41, 5.74) is 1.70. The summed E-state index contributed by atoms with van der Waals surface area (Å²) in [6.45, 7) is 0.756. The highest BCUT2D eigenvalue weighted by molar-refractivity contribution is 7.90. The second-order valence-electron chi connectivity index (χ2n) is 5.42. The predicted octanol–water partition coefficient (Wildman–Crippen LogP) is -0.347. The summed E-state index contributed by atoms with van der Waals surface area (Å²) < 4.78 is 45.0. The van der Waals surface area contributed by atoms with E-state index in [9.17, 15) is 21.6 Å². The molecule has 0 unspecified atom stereocenters. The quantitative estimate of drug-likeness (QED) is 0.800. The molecular weight excluding hydrogens is 328 g/mol. The minimum Gasteiger partial charge on any atom is -0.338 e. The first kappa shape index (κ1) is 16.9. The van der Waals surface area contributed by atoms with Gasteiger partial charge in [-0.1, -0.05) is 6.07 Å². The van der Waals surface area contributed by atoms with Gasteiger partial charge in [-0.25, -0.2) is 22.0 Å². The van der Waals surface area contributed by atoms with Crippen LogP contribution in [0.15, 0.2) is 23.1 Å². The van der Waals surface area contributed by atoms with Crippen molar-refractivity contribution >= 4 is 25.8 Å². The van der Waals surface area contributed by atoms with Crippen LogP contribution in [-0.4, -0.2) is 46.2 Å². The summed E-state index contributed by atoms with van der Waals surface area (Å²) in [7, 11) is -6.97. The molecule has 0 radical (unpaired) electrons. The SMILES string of the molecule is CS(=O)(=O)CCC(=O)N1CCc2ccc(S(N)(=O)=O)cc2C1. The Kier molecular flexibility index (Phi) is 4.59. The van der Waals surface area contributed by atoms with Gasteiger partial charge in [0.05, 0.1) is 10.6 Å². The molecule has 1 heterocycles. The zero-order chi connectivity index (χ0) is 16.5. The van der Waals surface area contributed by atoms with Gasteiger partial charge in [-0.05, 0) is 29.7 Å². The van der Waals surface area contributed by atoms with E-state index in [4.69, 9.17) is 5.14 Å². The maximum Gasteiger partial charge on any atom is 0.238 e. The molecule has 0 atom stereocenters. The minimum atomic E-state index is -3.79. The van der Waals surface area contributed by atoms with E-state index in [0.29, 0.717) is 13.0 Å². The monoisotopic (exact) mass is 346 g/mol. The molecule has 0 aromatic heterocycles. The van der Waals surface area contributed by atoms with Crippen LogP contribution in [0.5, 0.6) is 0 Å². The van der Waals surface area contributed by atoms with Gasteiger partial charge in [0.2, 0.25) is 15.9 Å². The number of sulfone groups is 1. The minimum absolute atomic E-state index is 0.0108. The number of fused-ring (bicyclic) bond motifs is 1. The van der Waals surface area contributed by atoms with Gasteiger partial charge >= 0.3 is 0 Å². The van der Waals surface area contributed by atoms with Gasteiger partial charge in [0.15, 0.2) is 0 Å². The van der Waals surface area contributed by atoms with Crippen LogP contribution >= 0.6 is 0 Å². The average Bonchev–Trinajstić information content (AvgIpc) is 2.41. The molecule has 0 bridgehead atoms. The number of rotatable bonds is 4. The third kappa shape index (κ3) is 4.28. The number of carbonyl (C=O) groups excluding carboxylic acids is 1. The number of sulfonamides is 1. The molecule has 2 rings (SSSR count). The number of primary sulfonamides is 1. The van der Waals surface area contributed by atoms with Crippen molar-refractivity contribution in [3.8, 4) is 0 Å². The standard InChI is InChI=1S/C13H18N2O5S2/c1-21(17,18)7-5-13(16)15-6-4-10-2-3-12(22(14,19)20)8-11(10)9-15/h2-3,8H,4-7,9H2,1H3,(H2,14,19,20). The lowest BCUT2D eigenvalue weighted by atomic mass is 10.00. The second kappa shape index (κ2) is 5.98. The Morgan fingerprint density at radius 1 is 1.23 bits per heavy atom. The van der Waals surface area contributed by atoms with Crippen molar-refractivity contribution in [1.82, 2.24) is 4.90 Å². The first-order valence-corrected chi connectivity index (χ1v) is 10.3. The van der Waals surface area contributed by atoms with E-state index >= 15 is 0 Å². The molecule has 122 valence electrons. The van der Waals surface area contributed by atoms with Gasteiger partial charge in [0.1, 0.15) is 9.84 Å². The van der Waals surface area contributed by atoms with Gasteiger partial charge in [-0.15, -0.1) is 0 Å². The smallest absolute Gasteiger partial charge is 0.238 e. The van der Waals surface area contributed by atoms with E-state index in [0.717, 1.165) is 17.4 Å². The Bertz CT molecular complexity index is 800. The van der Waals surface area contributed by atoms with Crippen LogP contribution in [0.3, 0.4) is 0 Å². The van der Waals surface area contributed by atoms with Gasteiger partial charge in [-0.2, -0.15) is 0 Å². The fraction of sp³-hybridized carbons (Fsp3) is 0.462. The maximum atomic E-state index is 12.1. The van der Waals surface area contributed by atoms with Crippen molar-refractivity contribution in [3.05, 3.63) is 29.3 Å². The molecular formula is C13H18N2O5S2. The Hall–Kier alpha value is -1.45. The van der Waals surface area contributed by atoms with Gasteiger partial charge < -0.3 is 4.90 Å². The van der Waals surface area contributed by atoms with Gasteiger partial charge in [-0.3, -0.25) is 4.79 Å². The van der Waals surface area contributed by atoms with Crippen molar-refractivity contribution in [2.45, 2.75) is 24.3 Å². The highest BCUT2D eigenvalue weighted by atomic mass is 32.2. The molecule has 1 amide bonds. The van der Waals surface area contributed by atoms with Crippen LogP contribution in [0.1, 0.15) is 17.5 Å². The number of nitrogens with two attached hydrogens (primary N) is 1. The lowest BCUT2D eigenvalue weighted by molar-refractivity contribution is -0.131. The largest absolute Gasteiger partial charge is 0.338 e. The molecule has 1 aromatic rings. The Morgan fingerprint density at radius 3 is 2.50 bits per heavy atom. The van der Waals surface area contributed by atoms with Crippen LogP contribution < -0.4 is 5.14 Å². The van der Waals surface area contributed by atoms with E-state index in [1.807, 2.05) is 0 Å². The van der Waals surface area contributed by atoms with Crippen LogP contribution in [0, 0.1) is 0 Å². The summed E-state index contributed by atoms with van der Waals surface area (Å²) in [5, 5.41) is 5.10. The summed E-state index contributed by atoms with van der Waals surface area (Å²) in [4.78, 5) is 13.6. The molecule has 0 spiro atoms. The zero-order valence-corrected chi connectivity index (χ0v) is 13.8. The molecule has 0 saturated carbocycles. The van der Waals surface area contributed by atoms with E-state index < -0.39 is 19.9 Å². The predicted molar refractivity (Wildman–Crippen MR) is 81.3 cm³/mol. The molecule has 22 heavy (non-hydrogen) atoms. The van der Waals surface area contributed by atoms with Gasteiger partial charge in [0, 0.05) is 25.8 Å². The molecule has 0 aliphatic carbocycles. The first-order valence-electron chi connectivity index (χ1n) is 6.66. The van der Waals surface area contributed by atoms with Crippen molar-refractivity contribution in [2.75, 3.05) is 18.6 Å². The van der Waals surface area contributed by atoms with Crippen molar-refractivity contribution < 1.29 is 21.6 Å². The van der Waals surface area contributed by atoms with Crippen molar-refractivity contribution in [3.63, 3.8) is 0 Å². The highest BCUT2D eigenvalue weighted by Crippen LogP contribution is 2.22. The Balaban J connectivity index is 2.15. The number of hydrogen-bond donors (Lipinski definition) is 1. The van der Waals surface area contributed by atoms with Crippen molar-refractivity contribution in [2.24, 2.45) is 5.14 Å². The molecule has 1 aliphatic rings. The van der Waals surface area contributed by atoms with E-state index in [1.165, 1.54) is 12.1 Å². The van der Waals surface area contributed by atoms with E-state index in [-0.39, 0.29) is 29.5 Å². The summed E-state index contributed by atoms with van der Waals surface area (Å²) in [6, 6.07) is 4.63. The molecule has 1 aliphatic heterocycles. The Morgan fingerprint density at radius 2 is 1.91 bits per heavy atom.